The minimum absolute atomic E-state index is 0.0703. The van der Waals surface area contributed by atoms with Gasteiger partial charge in [0.2, 0.25) is 5.91 Å². The molecule has 1 fully saturated rings. The van der Waals surface area contributed by atoms with Gasteiger partial charge in [0.25, 0.3) is 0 Å². The molecule has 1 saturated heterocycles. The first-order valence-corrected chi connectivity index (χ1v) is 6.52. The maximum absolute atomic E-state index is 12.2. The molecule has 0 bridgehead atoms. The number of carbonyl (C=O) groups excluding carboxylic acids is 1. The van der Waals surface area contributed by atoms with Gasteiger partial charge in [0.15, 0.2) is 0 Å². The van der Waals surface area contributed by atoms with Crippen molar-refractivity contribution in [3.05, 3.63) is 30.1 Å². The Bertz CT molecular complexity index is 436. The lowest BCUT2D eigenvalue weighted by atomic mass is 10.0. The first kappa shape index (κ1) is 14.0. The fourth-order valence-corrected chi connectivity index (χ4v) is 2.57. The Labute approximate surface area is 113 Å². The van der Waals surface area contributed by atoms with Gasteiger partial charge in [0.1, 0.15) is 0 Å². The standard InChI is InChI=1S/C14H21N3O2/c1-16(2)10-14(19)5-8-17(11-14)13(18)9-12-3-6-15-7-4-12/h3-4,6-7,19H,5,8-11H2,1-2H3. The molecule has 19 heavy (non-hydrogen) atoms. The average Bonchev–Trinajstić information content (AvgIpc) is 2.72. The Morgan fingerprint density at radius 3 is 2.79 bits per heavy atom. The van der Waals surface area contributed by atoms with Crippen LogP contribution in [0.2, 0.25) is 0 Å². The van der Waals surface area contributed by atoms with Crippen molar-refractivity contribution in [2.45, 2.75) is 18.4 Å². The zero-order valence-corrected chi connectivity index (χ0v) is 11.5. The molecule has 0 saturated carbocycles. The minimum Gasteiger partial charge on any atom is -0.387 e. The monoisotopic (exact) mass is 263 g/mol. The highest BCUT2D eigenvalue weighted by Gasteiger charge is 2.38. The Hall–Kier alpha value is -1.46. The van der Waals surface area contributed by atoms with E-state index in [1.165, 1.54) is 0 Å². The summed E-state index contributed by atoms with van der Waals surface area (Å²) in [6, 6.07) is 3.69. The minimum atomic E-state index is -0.766. The van der Waals surface area contributed by atoms with Gasteiger partial charge in [0, 0.05) is 25.5 Å². The Kier molecular flexibility index (Phi) is 4.17. The fraction of sp³-hybridized carbons (Fsp3) is 0.571. The van der Waals surface area contributed by atoms with E-state index in [9.17, 15) is 9.90 Å². The summed E-state index contributed by atoms with van der Waals surface area (Å²) in [4.78, 5) is 19.8. The molecule has 1 N–H and O–H groups in total. The highest BCUT2D eigenvalue weighted by atomic mass is 16.3. The van der Waals surface area contributed by atoms with E-state index in [0.717, 1.165) is 5.56 Å². The third kappa shape index (κ3) is 3.75. The van der Waals surface area contributed by atoms with Crippen LogP contribution >= 0.6 is 0 Å². The molecule has 2 rings (SSSR count). The first-order chi connectivity index (χ1) is 8.98. The lowest BCUT2D eigenvalue weighted by Gasteiger charge is -2.26. The van der Waals surface area contributed by atoms with E-state index in [4.69, 9.17) is 0 Å². The van der Waals surface area contributed by atoms with Gasteiger partial charge in [-0.2, -0.15) is 0 Å². The Morgan fingerprint density at radius 2 is 2.16 bits per heavy atom. The van der Waals surface area contributed by atoms with Crippen molar-refractivity contribution in [2.24, 2.45) is 0 Å². The number of likely N-dealkylation sites (tertiary alicyclic amines) is 1. The summed E-state index contributed by atoms with van der Waals surface area (Å²) in [6.07, 6.45) is 4.40. The van der Waals surface area contributed by atoms with Crippen molar-refractivity contribution in [3.8, 4) is 0 Å². The summed E-state index contributed by atoms with van der Waals surface area (Å²) in [6.45, 7) is 1.65. The summed E-state index contributed by atoms with van der Waals surface area (Å²) in [5, 5.41) is 10.4. The quantitative estimate of drug-likeness (QED) is 0.840. The largest absolute Gasteiger partial charge is 0.387 e. The zero-order chi connectivity index (χ0) is 13.9. The second-order valence-corrected chi connectivity index (χ2v) is 5.56. The molecule has 1 amide bonds. The number of amides is 1. The van der Waals surface area contributed by atoms with Crippen molar-refractivity contribution in [3.63, 3.8) is 0 Å². The number of aromatic nitrogens is 1. The van der Waals surface area contributed by atoms with Crippen LogP contribution in [0.5, 0.6) is 0 Å². The molecular weight excluding hydrogens is 242 g/mol. The molecule has 0 aromatic carbocycles. The van der Waals surface area contributed by atoms with E-state index in [1.54, 1.807) is 17.3 Å². The van der Waals surface area contributed by atoms with E-state index in [0.29, 0.717) is 32.5 Å². The number of pyridine rings is 1. The van der Waals surface area contributed by atoms with Crippen molar-refractivity contribution in [1.82, 2.24) is 14.8 Å². The highest BCUT2D eigenvalue weighted by Crippen LogP contribution is 2.22. The molecule has 5 heteroatoms. The van der Waals surface area contributed by atoms with Gasteiger partial charge >= 0.3 is 0 Å². The number of hydrogen-bond acceptors (Lipinski definition) is 4. The molecule has 1 aromatic rings. The van der Waals surface area contributed by atoms with Crippen LogP contribution in [0.3, 0.4) is 0 Å². The second kappa shape index (κ2) is 5.67. The van der Waals surface area contributed by atoms with Crippen LogP contribution in [0.15, 0.2) is 24.5 Å². The number of likely N-dealkylation sites (N-methyl/N-ethyl adjacent to an activating group) is 1. The van der Waals surface area contributed by atoms with E-state index in [-0.39, 0.29) is 5.91 Å². The van der Waals surface area contributed by atoms with Gasteiger partial charge in [-0.15, -0.1) is 0 Å². The van der Waals surface area contributed by atoms with Gasteiger partial charge in [-0.1, -0.05) is 0 Å². The molecule has 0 radical (unpaired) electrons. The van der Waals surface area contributed by atoms with Gasteiger partial charge in [-0.05, 0) is 38.2 Å². The summed E-state index contributed by atoms with van der Waals surface area (Å²) in [5.41, 5.74) is 0.195. The number of rotatable bonds is 4. The molecule has 5 nitrogen and oxygen atoms in total. The average molecular weight is 263 g/mol. The SMILES string of the molecule is CN(C)CC1(O)CCN(C(=O)Cc2ccncc2)C1. The van der Waals surface area contributed by atoms with E-state index in [2.05, 4.69) is 4.98 Å². The predicted octanol–water partition coefficient (Wildman–Crippen LogP) is 0.149. The summed E-state index contributed by atoms with van der Waals surface area (Å²) >= 11 is 0. The first-order valence-electron chi connectivity index (χ1n) is 6.52. The molecule has 2 heterocycles. The van der Waals surface area contributed by atoms with Crippen LogP contribution in [0.25, 0.3) is 0 Å². The maximum atomic E-state index is 12.2. The molecule has 1 aromatic heterocycles. The second-order valence-electron chi connectivity index (χ2n) is 5.56. The lowest BCUT2D eigenvalue weighted by Crippen LogP contribution is -2.43. The van der Waals surface area contributed by atoms with Gasteiger partial charge in [0.05, 0.1) is 18.6 Å². The number of carbonyl (C=O) groups is 1. The van der Waals surface area contributed by atoms with E-state index in [1.807, 2.05) is 31.1 Å². The molecule has 0 spiro atoms. The van der Waals surface area contributed by atoms with Gasteiger partial charge < -0.3 is 14.9 Å². The van der Waals surface area contributed by atoms with Crippen LogP contribution < -0.4 is 0 Å². The molecule has 1 aliphatic heterocycles. The fourth-order valence-electron chi connectivity index (χ4n) is 2.57. The van der Waals surface area contributed by atoms with Crippen molar-refractivity contribution < 1.29 is 9.90 Å². The van der Waals surface area contributed by atoms with Gasteiger partial charge in [-0.25, -0.2) is 0 Å². The molecule has 104 valence electrons. The Balaban J connectivity index is 1.92. The van der Waals surface area contributed by atoms with Crippen LogP contribution in [-0.2, 0) is 11.2 Å². The van der Waals surface area contributed by atoms with Gasteiger partial charge in [-0.3, -0.25) is 9.78 Å². The smallest absolute Gasteiger partial charge is 0.227 e. The predicted molar refractivity (Wildman–Crippen MR) is 72.6 cm³/mol. The third-order valence-electron chi connectivity index (χ3n) is 3.40. The van der Waals surface area contributed by atoms with E-state index >= 15 is 0 Å². The molecule has 1 unspecified atom stereocenters. The third-order valence-corrected chi connectivity index (χ3v) is 3.40. The zero-order valence-electron chi connectivity index (χ0n) is 11.5. The summed E-state index contributed by atoms with van der Waals surface area (Å²) < 4.78 is 0. The summed E-state index contributed by atoms with van der Waals surface area (Å²) in [7, 11) is 3.86. The summed E-state index contributed by atoms with van der Waals surface area (Å²) in [5.74, 6) is 0.0703. The van der Waals surface area contributed by atoms with Crippen LogP contribution in [-0.4, -0.2) is 65.1 Å². The number of β-amino-alcohol motifs (C(OH)–C–C–N with tert-alkyl or cyclic N) is 1. The Morgan fingerprint density at radius 1 is 1.47 bits per heavy atom. The van der Waals surface area contributed by atoms with Crippen molar-refractivity contribution >= 4 is 5.91 Å². The van der Waals surface area contributed by atoms with Crippen LogP contribution in [0.1, 0.15) is 12.0 Å². The molecule has 1 atom stereocenters. The normalized spacial score (nSPS) is 23.1. The maximum Gasteiger partial charge on any atom is 0.227 e. The number of hydrogen-bond donors (Lipinski definition) is 1. The molecule has 1 aliphatic rings. The van der Waals surface area contributed by atoms with E-state index < -0.39 is 5.60 Å². The van der Waals surface area contributed by atoms with Crippen molar-refractivity contribution in [2.75, 3.05) is 33.7 Å². The van der Waals surface area contributed by atoms with Crippen molar-refractivity contribution in [1.29, 1.82) is 0 Å². The topological polar surface area (TPSA) is 56.7 Å². The van der Waals surface area contributed by atoms with Crippen LogP contribution in [0, 0.1) is 0 Å². The highest BCUT2D eigenvalue weighted by molar-refractivity contribution is 5.79. The number of nitrogens with zero attached hydrogens (tertiary/aromatic N) is 3. The molecular formula is C14H21N3O2. The number of aliphatic hydroxyl groups is 1. The molecule has 0 aliphatic carbocycles. The lowest BCUT2D eigenvalue weighted by molar-refractivity contribution is -0.130. The van der Waals surface area contributed by atoms with Crippen LogP contribution in [0.4, 0.5) is 0 Å².